The molecule has 0 spiro atoms. The molecule has 0 aliphatic carbocycles. The zero-order valence-electron chi connectivity index (χ0n) is 12.8. The van der Waals surface area contributed by atoms with Crippen LogP contribution in [0.25, 0.3) is 0 Å². The number of rotatable bonds is 4. The van der Waals surface area contributed by atoms with Crippen LogP contribution in [-0.4, -0.2) is 48.0 Å². The number of nitrogens with zero attached hydrogens (tertiary/aromatic N) is 1. The van der Waals surface area contributed by atoms with Crippen LogP contribution in [0.15, 0.2) is 0 Å². The van der Waals surface area contributed by atoms with Gasteiger partial charge in [-0.3, -0.25) is 4.79 Å². The van der Waals surface area contributed by atoms with Gasteiger partial charge in [-0.1, -0.05) is 13.8 Å². The van der Waals surface area contributed by atoms with Crippen LogP contribution in [0.4, 0.5) is 0 Å². The lowest BCUT2D eigenvalue weighted by Gasteiger charge is -2.34. The third-order valence-corrected chi connectivity index (χ3v) is 6.00. The van der Waals surface area contributed by atoms with Gasteiger partial charge in [-0.15, -0.1) is 12.4 Å². The summed E-state index contributed by atoms with van der Waals surface area (Å²) in [7, 11) is 0. The van der Waals surface area contributed by atoms with Gasteiger partial charge in [-0.2, -0.15) is 11.8 Å². The molecule has 0 aromatic carbocycles. The topological polar surface area (TPSA) is 32.3 Å². The monoisotopic (exact) mass is 320 g/mol. The van der Waals surface area contributed by atoms with Crippen molar-refractivity contribution in [2.45, 2.75) is 44.8 Å². The summed E-state index contributed by atoms with van der Waals surface area (Å²) in [5.74, 6) is 2.80. The van der Waals surface area contributed by atoms with Crippen molar-refractivity contribution in [2.24, 2.45) is 11.8 Å². The standard InChI is InChI=1S/C15H28N2OS.ClH/c1-3-14-11-17(8-9-19-14)15(18)10-12(2)13-4-6-16-7-5-13;/h12-14,16H,3-11H2,1-2H3;1H. The van der Waals surface area contributed by atoms with E-state index in [0.717, 1.165) is 44.3 Å². The Bertz CT molecular complexity index is 298. The summed E-state index contributed by atoms with van der Waals surface area (Å²) in [4.78, 5) is 14.5. The van der Waals surface area contributed by atoms with Crippen LogP contribution in [-0.2, 0) is 4.79 Å². The molecule has 20 heavy (non-hydrogen) atoms. The quantitative estimate of drug-likeness (QED) is 0.864. The number of halogens is 1. The minimum Gasteiger partial charge on any atom is -0.341 e. The van der Waals surface area contributed by atoms with E-state index in [-0.39, 0.29) is 12.4 Å². The van der Waals surface area contributed by atoms with E-state index in [4.69, 9.17) is 0 Å². The Kier molecular flexibility index (Phi) is 8.30. The Hall–Kier alpha value is 0.0700. The van der Waals surface area contributed by atoms with Gasteiger partial charge in [0.05, 0.1) is 0 Å². The number of nitrogens with one attached hydrogen (secondary N) is 1. The summed E-state index contributed by atoms with van der Waals surface area (Å²) in [6.07, 6.45) is 4.41. The van der Waals surface area contributed by atoms with Crippen molar-refractivity contribution in [3.8, 4) is 0 Å². The Morgan fingerprint density at radius 3 is 2.75 bits per heavy atom. The van der Waals surface area contributed by atoms with Crippen LogP contribution >= 0.6 is 24.2 Å². The van der Waals surface area contributed by atoms with E-state index >= 15 is 0 Å². The third-order valence-electron chi connectivity index (χ3n) is 4.63. The number of carbonyl (C=O) groups excluding carboxylic acids is 1. The van der Waals surface area contributed by atoms with Crippen molar-refractivity contribution in [3.05, 3.63) is 0 Å². The highest BCUT2D eigenvalue weighted by molar-refractivity contribution is 8.00. The van der Waals surface area contributed by atoms with Crippen LogP contribution in [0.1, 0.15) is 39.5 Å². The van der Waals surface area contributed by atoms with E-state index in [2.05, 4.69) is 24.1 Å². The minimum absolute atomic E-state index is 0. The van der Waals surface area contributed by atoms with E-state index in [1.165, 1.54) is 19.3 Å². The average Bonchev–Trinajstić information content (AvgIpc) is 2.48. The van der Waals surface area contributed by atoms with E-state index < -0.39 is 0 Å². The Morgan fingerprint density at radius 2 is 2.10 bits per heavy atom. The van der Waals surface area contributed by atoms with Crippen LogP contribution in [0.3, 0.4) is 0 Å². The molecule has 1 amide bonds. The number of piperidine rings is 1. The normalized spacial score (nSPS) is 25.9. The maximum Gasteiger partial charge on any atom is 0.222 e. The van der Waals surface area contributed by atoms with Gasteiger partial charge in [0.2, 0.25) is 5.91 Å². The van der Waals surface area contributed by atoms with Gasteiger partial charge in [-0.05, 0) is 44.2 Å². The highest BCUT2D eigenvalue weighted by Crippen LogP contribution is 2.27. The van der Waals surface area contributed by atoms with Crippen molar-refractivity contribution >= 4 is 30.1 Å². The molecule has 2 atom stereocenters. The zero-order chi connectivity index (χ0) is 13.7. The summed E-state index contributed by atoms with van der Waals surface area (Å²) in [6.45, 7) is 8.67. The molecule has 2 saturated heterocycles. The number of hydrogen-bond acceptors (Lipinski definition) is 3. The second kappa shape index (κ2) is 9.16. The van der Waals surface area contributed by atoms with E-state index in [0.29, 0.717) is 17.1 Å². The third kappa shape index (κ3) is 5.12. The summed E-state index contributed by atoms with van der Waals surface area (Å²) in [5.41, 5.74) is 0. The highest BCUT2D eigenvalue weighted by atomic mass is 35.5. The molecule has 2 heterocycles. The fourth-order valence-corrected chi connectivity index (χ4v) is 4.36. The van der Waals surface area contributed by atoms with Gasteiger partial charge in [0.1, 0.15) is 0 Å². The largest absolute Gasteiger partial charge is 0.341 e. The van der Waals surface area contributed by atoms with E-state index in [1.54, 1.807) is 0 Å². The van der Waals surface area contributed by atoms with Gasteiger partial charge in [-0.25, -0.2) is 0 Å². The molecular weight excluding hydrogens is 292 g/mol. The van der Waals surface area contributed by atoms with Crippen LogP contribution in [0.5, 0.6) is 0 Å². The highest BCUT2D eigenvalue weighted by Gasteiger charge is 2.27. The fourth-order valence-electron chi connectivity index (χ4n) is 3.18. The van der Waals surface area contributed by atoms with E-state index in [1.807, 2.05) is 11.8 Å². The van der Waals surface area contributed by atoms with Crippen LogP contribution in [0.2, 0.25) is 0 Å². The van der Waals surface area contributed by atoms with Gasteiger partial charge >= 0.3 is 0 Å². The predicted molar refractivity (Wildman–Crippen MR) is 89.7 cm³/mol. The number of amides is 1. The molecule has 5 heteroatoms. The maximum absolute atomic E-state index is 12.4. The molecule has 2 fully saturated rings. The zero-order valence-corrected chi connectivity index (χ0v) is 14.4. The second-order valence-electron chi connectivity index (χ2n) is 6.01. The van der Waals surface area contributed by atoms with Gasteiger partial charge in [0.15, 0.2) is 0 Å². The molecule has 1 N–H and O–H groups in total. The lowest BCUT2D eigenvalue weighted by Crippen LogP contribution is -2.43. The molecule has 0 saturated carbocycles. The lowest BCUT2D eigenvalue weighted by atomic mass is 9.84. The van der Waals surface area contributed by atoms with Gasteiger partial charge in [0.25, 0.3) is 0 Å². The smallest absolute Gasteiger partial charge is 0.222 e. The molecule has 0 aromatic heterocycles. The Morgan fingerprint density at radius 1 is 1.40 bits per heavy atom. The number of thioether (sulfide) groups is 1. The molecular formula is C15H29ClN2OS. The summed E-state index contributed by atoms with van der Waals surface area (Å²) in [5, 5.41) is 4.06. The lowest BCUT2D eigenvalue weighted by molar-refractivity contribution is -0.132. The van der Waals surface area contributed by atoms with Crippen molar-refractivity contribution in [1.82, 2.24) is 10.2 Å². The van der Waals surface area contributed by atoms with Crippen molar-refractivity contribution in [3.63, 3.8) is 0 Å². The van der Waals surface area contributed by atoms with Crippen molar-refractivity contribution in [1.29, 1.82) is 0 Å². The molecule has 2 rings (SSSR count). The molecule has 2 aliphatic heterocycles. The fraction of sp³-hybridized carbons (Fsp3) is 0.933. The SMILES string of the molecule is CCC1CN(C(=O)CC(C)C2CCNCC2)CCS1.Cl. The minimum atomic E-state index is 0. The summed E-state index contributed by atoms with van der Waals surface area (Å²) >= 11 is 2.03. The van der Waals surface area contributed by atoms with Crippen LogP contribution in [0, 0.1) is 11.8 Å². The average molecular weight is 321 g/mol. The van der Waals surface area contributed by atoms with Crippen molar-refractivity contribution in [2.75, 3.05) is 31.9 Å². The van der Waals surface area contributed by atoms with E-state index in [9.17, 15) is 4.79 Å². The first-order chi connectivity index (χ1) is 9.20. The maximum atomic E-state index is 12.4. The molecule has 0 radical (unpaired) electrons. The number of hydrogen-bond donors (Lipinski definition) is 1. The predicted octanol–water partition coefficient (Wildman–Crippen LogP) is 2.79. The van der Waals surface area contributed by atoms with Crippen molar-refractivity contribution < 1.29 is 4.79 Å². The molecule has 2 unspecified atom stereocenters. The molecule has 0 bridgehead atoms. The number of carbonyl (C=O) groups is 1. The van der Waals surface area contributed by atoms with Gasteiger partial charge in [0, 0.05) is 30.5 Å². The molecule has 0 aromatic rings. The van der Waals surface area contributed by atoms with Crippen LogP contribution < -0.4 is 5.32 Å². The second-order valence-corrected chi connectivity index (χ2v) is 7.42. The molecule has 3 nitrogen and oxygen atoms in total. The summed E-state index contributed by atoms with van der Waals surface area (Å²) < 4.78 is 0. The first-order valence-electron chi connectivity index (χ1n) is 7.80. The molecule has 2 aliphatic rings. The van der Waals surface area contributed by atoms with Gasteiger partial charge < -0.3 is 10.2 Å². The molecule has 118 valence electrons. The Labute approximate surface area is 134 Å². The Balaban J connectivity index is 0.00000200. The summed E-state index contributed by atoms with van der Waals surface area (Å²) in [6, 6.07) is 0. The first kappa shape index (κ1) is 18.1. The first-order valence-corrected chi connectivity index (χ1v) is 8.85.